The zero-order valence-electron chi connectivity index (χ0n) is 18.2. The van der Waals surface area contributed by atoms with E-state index in [-0.39, 0.29) is 5.82 Å². The fourth-order valence-corrected chi connectivity index (χ4v) is 4.83. The molecule has 1 aliphatic rings. The van der Waals surface area contributed by atoms with E-state index in [0.29, 0.717) is 5.92 Å². The molecule has 0 saturated carbocycles. The van der Waals surface area contributed by atoms with Crippen LogP contribution in [0.5, 0.6) is 0 Å². The minimum absolute atomic E-state index is 0.0791. The van der Waals surface area contributed by atoms with Crippen LogP contribution in [0.2, 0.25) is 0 Å². The van der Waals surface area contributed by atoms with E-state index in [1.54, 1.807) is 12.1 Å². The van der Waals surface area contributed by atoms with Crippen molar-refractivity contribution in [1.82, 2.24) is 19.4 Å². The quantitative estimate of drug-likeness (QED) is 0.545. The number of hydrogen-bond donors (Lipinski definition) is 0. The molecule has 1 saturated heterocycles. The van der Waals surface area contributed by atoms with Crippen molar-refractivity contribution in [2.45, 2.75) is 39.3 Å². The third-order valence-corrected chi connectivity index (χ3v) is 6.29. The molecular weight excluding hydrogens is 375 g/mol. The lowest BCUT2D eigenvalue weighted by Crippen LogP contribution is -2.41. The first-order valence-corrected chi connectivity index (χ1v) is 11.2. The van der Waals surface area contributed by atoms with Crippen LogP contribution in [0, 0.1) is 11.7 Å². The lowest BCUT2D eigenvalue weighted by atomic mass is 9.97. The molecular formula is C25H33FN4. The van der Waals surface area contributed by atoms with E-state index in [9.17, 15) is 4.39 Å². The van der Waals surface area contributed by atoms with Gasteiger partial charge in [-0.2, -0.15) is 0 Å². The number of piperidine rings is 1. The first-order chi connectivity index (χ1) is 14.6. The van der Waals surface area contributed by atoms with E-state index in [0.717, 1.165) is 62.6 Å². The first kappa shape index (κ1) is 21.0. The number of hydrogen-bond acceptors (Lipinski definition) is 3. The maximum Gasteiger partial charge on any atom is 0.126 e. The highest BCUT2D eigenvalue weighted by molar-refractivity contribution is 5.75. The molecule has 0 aliphatic carbocycles. The fraction of sp³-hybridized carbons (Fsp3) is 0.480. The highest BCUT2D eigenvalue weighted by Crippen LogP contribution is 2.21. The van der Waals surface area contributed by atoms with Crippen molar-refractivity contribution >= 4 is 11.0 Å². The SMILES string of the molecule is CCn1c(CN(C)CC2CCCN(CCc3ccccc3F)C2)nc2ccccc21. The maximum atomic E-state index is 13.9. The zero-order chi connectivity index (χ0) is 20.9. The van der Waals surface area contributed by atoms with Crippen LogP contribution in [0.1, 0.15) is 31.2 Å². The standard InChI is InChI=1S/C25H33FN4/c1-3-30-24-13-7-6-12-23(24)27-25(30)19-28(2)17-20-9-8-15-29(18-20)16-14-21-10-4-5-11-22(21)26/h4-7,10-13,20H,3,8-9,14-19H2,1-2H3. The number of likely N-dealkylation sites (tertiary alicyclic amines) is 1. The van der Waals surface area contributed by atoms with Gasteiger partial charge in [0.15, 0.2) is 0 Å². The van der Waals surface area contributed by atoms with Gasteiger partial charge in [-0.25, -0.2) is 9.37 Å². The van der Waals surface area contributed by atoms with Crippen molar-refractivity contribution in [2.24, 2.45) is 5.92 Å². The summed E-state index contributed by atoms with van der Waals surface area (Å²) in [7, 11) is 2.21. The van der Waals surface area contributed by atoms with Gasteiger partial charge in [-0.05, 0) is 69.5 Å². The van der Waals surface area contributed by atoms with Crippen LogP contribution in [0.25, 0.3) is 11.0 Å². The van der Waals surface area contributed by atoms with E-state index in [2.05, 4.69) is 52.6 Å². The Morgan fingerprint density at radius 3 is 2.77 bits per heavy atom. The van der Waals surface area contributed by atoms with Crippen molar-refractivity contribution in [1.29, 1.82) is 0 Å². The summed E-state index contributed by atoms with van der Waals surface area (Å²) in [6.07, 6.45) is 3.28. The second-order valence-electron chi connectivity index (χ2n) is 8.61. The smallest absolute Gasteiger partial charge is 0.126 e. The minimum Gasteiger partial charge on any atom is -0.327 e. The van der Waals surface area contributed by atoms with E-state index in [4.69, 9.17) is 4.98 Å². The summed E-state index contributed by atoms with van der Waals surface area (Å²) in [6, 6.07) is 15.6. The van der Waals surface area contributed by atoms with Crippen LogP contribution < -0.4 is 0 Å². The molecule has 1 fully saturated rings. The Hall–Kier alpha value is -2.24. The third kappa shape index (κ3) is 4.90. The number of imidazole rings is 1. The molecule has 3 aromatic rings. The molecule has 0 radical (unpaired) electrons. The van der Waals surface area contributed by atoms with Crippen molar-refractivity contribution in [3.63, 3.8) is 0 Å². The number of fused-ring (bicyclic) bond motifs is 1. The van der Waals surface area contributed by atoms with Gasteiger partial charge in [0, 0.05) is 26.2 Å². The topological polar surface area (TPSA) is 24.3 Å². The summed E-state index contributed by atoms with van der Waals surface area (Å²) >= 11 is 0. The van der Waals surface area contributed by atoms with E-state index in [1.165, 1.54) is 18.4 Å². The van der Waals surface area contributed by atoms with E-state index >= 15 is 0 Å². The Kier molecular flexibility index (Phi) is 6.80. The molecule has 30 heavy (non-hydrogen) atoms. The van der Waals surface area contributed by atoms with Crippen LogP contribution in [0.3, 0.4) is 0 Å². The molecule has 0 amide bonds. The van der Waals surface area contributed by atoms with Crippen molar-refractivity contribution < 1.29 is 4.39 Å². The molecule has 2 aromatic carbocycles. The molecule has 160 valence electrons. The second-order valence-corrected chi connectivity index (χ2v) is 8.61. The molecule has 1 unspecified atom stereocenters. The number of aryl methyl sites for hydroxylation is 1. The summed E-state index contributed by atoms with van der Waals surface area (Å²) in [5.41, 5.74) is 3.13. The Morgan fingerprint density at radius 1 is 1.13 bits per heavy atom. The Balaban J connectivity index is 1.32. The van der Waals surface area contributed by atoms with Crippen LogP contribution in [-0.2, 0) is 19.5 Å². The number of rotatable bonds is 8. The molecule has 0 N–H and O–H groups in total. The number of para-hydroxylation sites is 2. The highest BCUT2D eigenvalue weighted by atomic mass is 19.1. The Labute approximate surface area is 179 Å². The largest absolute Gasteiger partial charge is 0.327 e. The zero-order valence-corrected chi connectivity index (χ0v) is 18.2. The third-order valence-electron chi connectivity index (χ3n) is 6.29. The van der Waals surface area contributed by atoms with Crippen LogP contribution in [0.15, 0.2) is 48.5 Å². The molecule has 4 rings (SSSR count). The molecule has 0 bridgehead atoms. The van der Waals surface area contributed by atoms with Crippen LogP contribution in [-0.4, -0.2) is 52.6 Å². The van der Waals surface area contributed by atoms with Gasteiger partial charge < -0.3 is 9.47 Å². The van der Waals surface area contributed by atoms with E-state index in [1.807, 2.05) is 12.1 Å². The molecule has 1 aromatic heterocycles. The van der Waals surface area contributed by atoms with Crippen LogP contribution >= 0.6 is 0 Å². The molecule has 5 heteroatoms. The normalized spacial score (nSPS) is 17.8. The van der Waals surface area contributed by atoms with Crippen molar-refractivity contribution in [3.05, 3.63) is 65.7 Å². The first-order valence-electron chi connectivity index (χ1n) is 11.2. The molecule has 1 aliphatic heterocycles. The summed E-state index contributed by atoms with van der Waals surface area (Å²) in [6.45, 7) is 8.23. The average molecular weight is 409 g/mol. The number of nitrogens with zero attached hydrogens (tertiary/aromatic N) is 4. The van der Waals surface area contributed by atoms with Gasteiger partial charge >= 0.3 is 0 Å². The van der Waals surface area contributed by atoms with Gasteiger partial charge in [0.2, 0.25) is 0 Å². The predicted molar refractivity (Wildman–Crippen MR) is 121 cm³/mol. The summed E-state index contributed by atoms with van der Waals surface area (Å²) in [5.74, 6) is 1.72. The van der Waals surface area contributed by atoms with Crippen molar-refractivity contribution in [3.8, 4) is 0 Å². The Morgan fingerprint density at radius 2 is 1.93 bits per heavy atom. The number of aromatic nitrogens is 2. The monoisotopic (exact) mass is 408 g/mol. The summed E-state index contributed by atoms with van der Waals surface area (Å²) < 4.78 is 16.2. The minimum atomic E-state index is -0.0791. The van der Waals surface area contributed by atoms with Gasteiger partial charge in [-0.3, -0.25) is 4.90 Å². The average Bonchev–Trinajstić information content (AvgIpc) is 3.10. The van der Waals surface area contributed by atoms with Gasteiger partial charge in [0.25, 0.3) is 0 Å². The van der Waals surface area contributed by atoms with Gasteiger partial charge in [-0.1, -0.05) is 30.3 Å². The lowest BCUT2D eigenvalue weighted by Gasteiger charge is -2.34. The van der Waals surface area contributed by atoms with Crippen LogP contribution in [0.4, 0.5) is 4.39 Å². The molecule has 2 heterocycles. The number of benzene rings is 2. The Bertz CT molecular complexity index is 967. The van der Waals surface area contributed by atoms with Gasteiger partial charge in [0.05, 0.1) is 17.6 Å². The van der Waals surface area contributed by atoms with Gasteiger partial charge in [-0.15, -0.1) is 0 Å². The summed E-state index contributed by atoms with van der Waals surface area (Å²) in [4.78, 5) is 9.80. The van der Waals surface area contributed by atoms with Gasteiger partial charge in [0.1, 0.15) is 11.6 Å². The predicted octanol–water partition coefficient (Wildman–Crippen LogP) is 4.58. The molecule has 4 nitrogen and oxygen atoms in total. The van der Waals surface area contributed by atoms with Crippen molar-refractivity contribution in [2.75, 3.05) is 33.2 Å². The molecule has 0 spiro atoms. The lowest BCUT2D eigenvalue weighted by molar-refractivity contribution is 0.140. The molecule has 1 atom stereocenters. The van der Waals surface area contributed by atoms with E-state index < -0.39 is 0 Å². The second kappa shape index (κ2) is 9.71. The number of halogens is 1. The fourth-order valence-electron chi connectivity index (χ4n) is 4.83. The maximum absolute atomic E-state index is 13.9. The summed E-state index contributed by atoms with van der Waals surface area (Å²) in [5, 5.41) is 0. The highest BCUT2D eigenvalue weighted by Gasteiger charge is 2.22.